The van der Waals surface area contributed by atoms with Crippen molar-refractivity contribution in [1.82, 2.24) is 9.97 Å². The molecule has 0 fully saturated rings. The first-order valence-corrected chi connectivity index (χ1v) is 8.14. The third kappa shape index (κ3) is 4.47. The summed E-state index contributed by atoms with van der Waals surface area (Å²) in [5.74, 6) is 1.30. The maximum Gasteiger partial charge on any atom is 0.329 e. The first-order valence-electron chi connectivity index (χ1n) is 6.37. The minimum absolute atomic E-state index is 0.150. The second-order valence-corrected chi connectivity index (χ2v) is 5.66. The van der Waals surface area contributed by atoms with Crippen LogP contribution in [0.25, 0.3) is 0 Å². The fraction of sp³-hybridized carbons (Fsp3) is 0.231. The standard InChI is InChI=1S/C13H14ClN5O2S/c1-22-7-6-15-12-11(19(20)21)8-16-13(18-12)17-10-4-2-9(14)3-5-10/h2-5,8H,6-7H2,1H3,(H2,15,16,17,18). The van der Waals surface area contributed by atoms with Gasteiger partial charge >= 0.3 is 5.69 Å². The molecule has 0 saturated carbocycles. The van der Waals surface area contributed by atoms with Gasteiger partial charge in [-0.25, -0.2) is 4.98 Å². The lowest BCUT2D eigenvalue weighted by molar-refractivity contribution is -0.384. The van der Waals surface area contributed by atoms with Gasteiger partial charge in [-0.2, -0.15) is 16.7 Å². The Morgan fingerprint density at radius 2 is 2.09 bits per heavy atom. The van der Waals surface area contributed by atoms with Crippen LogP contribution < -0.4 is 10.6 Å². The molecule has 0 atom stereocenters. The molecule has 0 aliphatic heterocycles. The zero-order chi connectivity index (χ0) is 15.9. The number of halogens is 1. The van der Waals surface area contributed by atoms with Crippen LogP contribution in [0.15, 0.2) is 30.5 Å². The normalized spacial score (nSPS) is 10.3. The van der Waals surface area contributed by atoms with Gasteiger partial charge in [-0.1, -0.05) is 11.6 Å². The Bertz CT molecular complexity index is 653. The lowest BCUT2D eigenvalue weighted by atomic mass is 10.3. The van der Waals surface area contributed by atoms with Gasteiger partial charge in [0.25, 0.3) is 0 Å². The van der Waals surface area contributed by atoms with Gasteiger partial charge in [-0.3, -0.25) is 10.1 Å². The molecule has 7 nitrogen and oxygen atoms in total. The average molecular weight is 340 g/mol. The summed E-state index contributed by atoms with van der Waals surface area (Å²) in [5, 5.41) is 17.6. The molecule has 22 heavy (non-hydrogen) atoms. The summed E-state index contributed by atoms with van der Waals surface area (Å²) < 4.78 is 0. The van der Waals surface area contributed by atoms with Crippen LogP contribution in [0.2, 0.25) is 5.02 Å². The molecule has 0 amide bonds. The first-order chi connectivity index (χ1) is 10.6. The fourth-order valence-corrected chi connectivity index (χ4v) is 2.07. The summed E-state index contributed by atoms with van der Waals surface area (Å²) in [6.07, 6.45) is 3.15. The second-order valence-electron chi connectivity index (χ2n) is 4.24. The van der Waals surface area contributed by atoms with E-state index in [-0.39, 0.29) is 17.5 Å². The van der Waals surface area contributed by atoms with Crippen molar-refractivity contribution in [2.75, 3.05) is 29.2 Å². The molecule has 1 heterocycles. The number of anilines is 3. The highest BCUT2D eigenvalue weighted by Gasteiger charge is 2.17. The first kappa shape index (κ1) is 16.3. The average Bonchev–Trinajstić information content (AvgIpc) is 2.50. The summed E-state index contributed by atoms with van der Waals surface area (Å²) in [6, 6.07) is 7.00. The molecule has 0 bridgehead atoms. The molecule has 2 N–H and O–H groups in total. The van der Waals surface area contributed by atoms with E-state index in [4.69, 9.17) is 11.6 Å². The van der Waals surface area contributed by atoms with Gasteiger partial charge in [-0.15, -0.1) is 0 Å². The van der Waals surface area contributed by atoms with Crippen LogP contribution in [0.5, 0.6) is 0 Å². The van der Waals surface area contributed by atoms with E-state index in [0.29, 0.717) is 11.6 Å². The van der Waals surface area contributed by atoms with Crippen molar-refractivity contribution in [3.05, 3.63) is 45.6 Å². The highest BCUT2D eigenvalue weighted by molar-refractivity contribution is 7.98. The minimum atomic E-state index is -0.506. The van der Waals surface area contributed by atoms with Crippen LogP contribution in [0.1, 0.15) is 0 Å². The molecule has 2 rings (SSSR count). The maximum absolute atomic E-state index is 11.0. The van der Waals surface area contributed by atoms with Crippen molar-refractivity contribution in [2.45, 2.75) is 0 Å². The van der Waals surface area contributed by atoms with E-state index in [1.165, 1.54) is 6.20 Å². The van der Waals surface area contributed by atoms with Crippen molar-refractivity contribution in [3.63, 3.8) is 0 Å². The van der Waals surface area contributed by atoms with Crippen molar-refractivity contribution in [1.29, 1.82) is 0 Å². The number of thioether (sulfide) groups is 1. The number of aromatic nitrogens is 2. The topological polar surface area (TPSA) is 93.0 Å². The summed E-state index contributed by atoms with van der Waals surface area (Å²) >= 11 is 7.46. The summed E-state index contributed by atoms with van der Waals surface area (Å²) in [7, 11) is 0. The van der Waals surface area contributed by atoms with Crippen LogP contribution in [0.4, 0.5) is 23.1 Å². The summed E-state index contributed by atoms with van der Waals surface area (Å²) in [5.41, 5.74) is 0.594. The lowest BCUT2D eigenvalue weighted by Crippen LogP contribution is -2.10. The predicted octanol–water partition coefficient (Wildman–Crippen LogP) is 3.56. The largest absolute Gasteiger partial charge is 0.363 e. The highest BCUT2D eigenvalue weighted by Crippen LogP contribution is 2.24. The van der Waals surface area contributed by atoms with Crippen LogP contribution in [0.3, 0.4) is 0 Å². The van der Waals surface area contributed by atoms with Crippen molar-refractivity contribution >= 4 is 46.5 Å². The Morgan fingerprint density at radius 3 is 2.73 bits per heavy atom. The van der Waals surface area contributed by atoms with Gasteiger partial charge in [0.15, 0.2) is 0 Å². The predicted molar refractivity (Wildman–Crippen MR) is 90.3 cm³/mol. The van der Waals surface area contributed by atoms with Crippen molar-refractivity contribution < 1.29 is 4.92 Å². The third-order valence-corrected chi connectivity index (χ3v) is 3.53. The highest BCUT2D eigenvalue weighted by atomic mass is 35.5. The monoisotopic (exact) mass is 339 g/mol. The zero-order valence-corrected chi connectivity index (χ0v) is 13.3. The third-order valence-electron chi connectivity index (χ3n) is 2.67. The molecular weight excluding hydrogens is 326 g/mol. The van der Waals surface area contributed by atoms with Crippen LogP contribution >= 0.6 is 23.4 Å². The van der Waals surface area contributed by atoms with Crippen LogP contribution in [-0.4, -0.2) is 33.4 Å². The number of hydrogen-bond donors (Lipinski definition) is 2. The van der Waals surface area contributed by atoms with Gasteiger partial charge in [-0.05, 0) is 30.5 Å². The van der Waals surface area contributed by atoms with Gasteiger partial charge in [0, 0.05) is 23.0 Å². The fourth-order valence-electron chi connectivity index (χ4n) is 1.63. The molecule has 116 valence electrons. The molecule has 9 heteroatoms. The Labute approximate surface area is 136 Å². The van der Waals surface area contributed by atoms with Gasteiger partial charge in [0.05, 0.1) is 4.92 Å². The minimum Gasteiger partial charge on any atom is -0.363 e. The van der Waals surface area contributed by atoms with Crippen molar-refractivity contribution in [3.8, 4) is 0 Å². The molecule has 1 aromatic carbocycles. The summed E-state index contributed by atoms with van der Waals surface area (Å²) in [6.45, 7) is 0.583. The molecule has 0 spiro atoms. The molecule has 0 aliphatic carbocycles. The Morgan fingerprint density at radius 1 is 1.36 bits per heavy atom. The molecule has 0 saturated heterocycles. The smallest absolute Gasteiger partial charge is 0.329 e. The Balaban J connectivity index is 2.19. The number of rotatable bonds is 7. The van der Waals surface area contributed by atoms with Gasteiger partial charge in [0.2, 0.25) is 11.8 Å². The number of nitro groups is 1. The number of nitrogens with one attached hydrogen (secondary N) is 2. The van der Waals surface area contributed by atoms with Gasteiger partial charge in [0.1, 0.15) is 6.20 Å². The molecular formula is C13H14ClN5O2S. The molecule has 0 radical (unpaired) electrons. The Hall–Kier alpha value is -2.06. The number of hydrogen-bond acceptors (Lipinski definition) is 7. The van der Waals surface area contributed by atoms with E-state index >= 15 is 0 Å². The number of nitrogens with zero attached hydrogens (tertiary/aromatic N) is 3. The van der Waals surface area contributed by atoms with Gasteiger partial charge < -0.3 is 10.6 Å². The quantitative estimate of drug-likeness (QED) is 0.452. The lowest BCUT2D eigenvalue weighted by Gasteiger charge is -2.08. The zero-order valence-electron chi connectivity index (χ0n) is 11.7. The molecule has 0 aliphatic rings. The molecule has 1 aromatic heterocycles. The SMILES string of the molecule is CSCCNc1nc(Nc2ccc(Cl)cc2)ncc1[N+](=O)[O-]. The van der Waals surface area contributed by atoms with E-state index in [2.05, 4.69) is 20.6 Å². The number of benzene rings is 1. The van der Waals surface area contributed by atoms with E-state index in [9.17, 15) is 10.1 Å². The van der Waals surface area contributed by atoms with Crippen molar-refractivity contribution in [2.24, 2.45) is 0 Å². The van der Waals surface area contributed by atoms with E-state index in [1.807, 2.05) is 6.26 Å². The van der Waals surface area contributed by atoms with Crippen LogP contribution in [0, 0.1) is 10.1 Å². The maximum atomic E-state index is 11.0. The second kappa shape index (κ2) is 7.81. The van der Waals surface area contributed by atoms with E-state index in [0.717, 1.165) is 11.4 Å². The van der Waals surface area contributed by atoms with E-state index < -0.39 is 4.92 Å². The molecule has 0 unspecified atom stereocenters. The Kier molecular flexibility index (Phi) is 5.79. The van der Waals surface area contributed by atoms with Crippen LogP contribution in [-0.2, 0) is 0 Å². The summed E-state index contributed by atoms with van der Waals surface area (Å²) in [4.78, 5) is 18.6. The van der Waals surface area contributed by atoms with E-state index in [1.54, 1.807) is 36.0 Å². The molecule has 2 aromatic rings.